The van der Waals surface area contributed by atoms with Gasteiger partial charge in [0.15, 0.2) is 5.82 Å². The van der Waals surface area contributed by atoms with Crippen LogP contribution in [0.1, 0.15) is 5.82 Å². The number of carbonyl (C=O) groups excluding carboxylic acids is 1. The maximum Gasteiger partial charge on any atom is 0.243 e. The highest BCUT2D eigenvalue weighted by molar-refractivity contribution is 6.32. The van der Waals surface area contributed by atoms with Gasteiger partial charge in [-0.05, 0) is 41.6 Å². The first-order valence-corrected chi connectivity index (χ1v) is 8.70. The predicted molar refractivity (Wildman–Crippen MR) is 106 cm³/mol. The Bertz CT molecular complexity index is 991. The second kappa shape index (κ2) is 8.57. The lowest BCUT2D eigenvalue weighted by molar-refractivity contribution is -0.114. The van der Waals surface area contributed by atoms with Gasteiger partial charge >= 0.3 is 0 Å². The van der Waals surface area contributed by atoms with Crippen molar-refractivity contribution >= 4 is 28.9 Å². The Kier molecular flexibility index (Phi) is 5.95. The first-order valence-electron chi connectivity index (χ1n) is 8.32. The number of anilines is 2. The minimum Gasteiger partial charge on any atom is -0.495 e. The topological polar surface area (TPSA) is 103 Å². The highest BCUT2D eigenvalue weighted by Gasteiger charge is 2.13. The molecule has 0 fully saturated rings. The molecule has 3 rings (SSSR count). The maximum atomic E-state index is 12.3. The minimum absolute atomic E-state index is 0.0465. The molecule has 0 bridgehead atoms. The summed E-state index contributed by atoms with van der Waals surface area (Å²) in [5.41, 5.74) is 2.00. The monoisotopic (exact) mass is 402 g/mol. The van der Waals surface area contributed by atoms with Gasteiger partial charge in [-0.3, -0.25) is 4.79 Å². The van der Waals surface area contributed by atoms with Crippen LogP contribution in [0, 0.1) is 6.92 Å². The number of nitrogens with zero attached hydrogens (tertiary/aromatic N) is 4. The molecule has 28 heavy (non-hydrogen) atoms. The van der Waals surface area contributed by atoms with E-state index < -0.39 is 0 Å². The molecule has 10 heteroatoms. The van der Waals surface area contributed by atoms with Crippen molar-refractivity contribution in [2.45, 2.75) is 6.92 Å². The Hall–Kier alpha value is -3.33. The average molecular weight is 403 g/mol. The van der Waals surface area contributed by atoms with Gasteiger partial charge in [0, 0.05) is 11.8 Å². The zero-order valence-corrected chi connectivity index (χ0v) is 16.3. The molecule has 0 saturated heterocycles. The van der Waals surface area contributed by atoms with Crippen LogP contribution < -0.4 is 20.1 Å². The molecule has 2 aromatic carbocycles. The predicted octanol–water partition coefficient (Wildman–Crippen LogP) is 2.69. The number of hydrogen-bond acceptors (Lipinski definition) is 7. The van der Waals surface area contributed by atoms with Crippen LogP contribution >= 0.6 is 11.6 Å². The first-order chi connectivity index (χ1) is 13.5. The number of benzene rings is 2. The van der Waals surface area contributed by atoms with E-state index in [-0.39, 0.29) is 12.5 Å². The minimum atomic E-state index is -0.261. The van der Waals surface area contributed by atoms with Gasteiger partial charge in [-0.15, -0.1) is 5.10 Å². The Balaban J connectivity index is 1.67. The summed E-state index contributed by atoms with van der Waals surface area (Å²) in [5.74, 6) is 1.32. The Labute approximate surface area is 166 Å². The summed E-state index contributed by atoms with van der Waals surface area (Å²) in [7, 11) is 3.01. The van der Waals surface area contributed by atoms with E-state index in [1.165, 1.54) is 14.2 Å². The van der Waals surface area contributed by atoms with E-state index in [1.54, 1.807) is 23.7 Å². The molecule has 3 aromatic rings. The van der Waals surface area contributed by atoms with Gasteiger partial charge in [0.1, 0.15) is 11.5 Å². The molecule has 0 saturated carbocycles. The molecule has 146 valence electrons. The molecule has 9 nitrogen and oxygen atoms in total. The Morgan fingerprint density at radius 3 is 2.64 bits per heavy atom. The summed E-state index contributed by atoms with van der Waals surface area (Å²) in [6, 6.07) is 10.6. The zero-order valence-electron chi connectivity index (χ0n) is 15.6. The number of aromatic nitrogens is 4. The molecule has 0 spiro atoms. The fourth-order valence-corrected chi connectivity index (χ4v) is 2.79. The number of tetrazole rings is 1. The lowest BCUT2D eigenvalue weighted by Gasteiger charge is -2.14. The normalized spacial score (nSPS) is 10.4. The molecule has 0 aliphatic heterocycles. The van der Waals surface area contributed by atoms with Crippen molar-refractivity contribution in [2.75, 3.05) is 31.4 Å². The average Bonchev–Trinajstić information content (AvgIpc) is 3.13. The van der Waals surface area contributed by atoms with Gasteiger partial charge in [-0.2, -0.15) is 4.68 Å². The molecular weight excluding hydrogens is 384 g/mol. The summed E-state index contributed by atoms with van der Waals surface area (Å²) in [6.45, 7) is 1.85. The quantitative estimate of drug-likeness (QED) is 0.626. The van der Waals surface area contributed by atoms with Crippen LogP contribution in [0.3, 0.4) is 0 Å². The highest BCUT2D eigenvalue weighted by Crippen LogP contribution is 2.35. The lowest BCUT2D eigenvalue weighted by atomic mass is 10.2. The highest BCUT2D eigenvalue weighted by atomic mass is 35.5. The molecule has 1 heterocycles. The van der Waals surface area contributed by atoms with Crippen molar-refractivity contribution in [1.29, 1.82) is 0 Å². The van der Waals surface area contributed by atoms with Crippen LogP contribution in [-0.4, -0.2) is 46.9 Å². The number of halogens is 1. The van der Waals surface area contributed by atoms with Crippen molar-refractivity contribution in [3.63, 3.8) is 0 Å². The van der Waals surface area contributed by atoms with Gasteiger partial charge in [-0.25, -0.2) is 0 Å². The lowest BCUT2D eigenvalue weighted by Crippen LogP contribution is -2.22. The summed E-state index contributed by atoms with van der Waals surface area (Å²) >= 11 is 6.13. The first kappa shape index (κ1) is 19.4. The number of aryl methyl sites for hydroxylation is 1. The summed E-state index contributed by atoms with van der Waals surface area (Å²) < 4.78 is 12.0. The summed E-state index contributed by atoms with van der Waals surface area (Å²) in [6.07, 6.45) is 0. The van der Waals surface area contributed by atoms with E-state index >= 15 is 0 Å². The molecular formula is C18H19ClN6O3. The van der Waals surface area contributed by atoms with E-state index in [2.05, 4.69) is 26.2 Å². The number of ether oxygens (including phenoxy) is 2. The van der Waals surface area contributed by atoms with Crippen LogP contribution in [0.2, 0.25) is 5.02 Å². The van der Waals surface area contributed by atoms with Crippen molar-refractivity contribution in [2.24, 2.45) is 0 Å². The molecule has 0 atom stereocenters. The number of nitrogens with one attached hydrogen (secondary N) is 2. The zero-order chi connectivity index (χ0) is 20.1. The van der Waals surface area contributed by atoms with Crippen molar-refractivity contribution in [1.82, 2.24) is 20.2 Å². The van der Waals surface area contributed by atoms with Gasteiger partial charge in [0.05, 0.1) is 37.2 Å². The van der Waals surface area contributed by atoms with E-state index in [0.29, 0.717) is 28.0 Å². The molecule has 1 aromatic heterocycles. The number of hydrogen-bond donors (Lipinski definition) is 2. The van der Waals surface area contributed by atoms with E-state index in [9.17, 15) is 4.79 Å². The van der Waals surface area contributed by atoms with Crippen LogP contribution in [0.5, 0.6) is 11.5 Å². The molecule has 0 aliphatic rings. The number of carbonyl (C=O) groups is 1. The van der Waals surface area contributed by atoms with E-state index in [1.807, 2.05) is 24.3 Å². The SMILES string of the molecule is COc1cc(OC)c(NC(=O)CNc2cccc(-n3nnnc3C)c2)cc1Cl. The molecule has 2 N–H and O–H groups in total. The number of rotatable bonds is 7. The van der Waals surface area contributed by atoms with Gasteiger partial charge < -0.3 is 20.1 Å². The molecule has 0 unspecified atom stereocenters. The van der Waals surface area contributed by atoms with Crippen molar-refractivity contribution in [3.8, 4) is 17.2 Å². The molecule has 1 amide bonds. The second-order valence-electron chi connectivity index (χ2n) is 5.78. The fourth-order valence-electron chi connectivity index (χ4n) is 2.55. The van der Waals surface area contributed by atoms with Crippen molar-refractivity contribution in [3.05, 3.63) is 47.2 Å². The van der Waals surface area contributed by atoms with E-state index in [0.717, 1.165) is 11.4 Å². The second-order valence-corrected chi connectivity index (χ2v) is 6.18. The largest absolute Gasteiger partial charge is 0.495 e. The van der Waals surface area contributed by atoms with Crippen LogP contribution in [0.15, 0.2) is 36.4 Å². The van der Waals surface area contributed by atoms with Gasteiger partial charge in [-0.1, -0.05) is 17.7 Å². The van der Waals surface area contributed by atoms with Gasteiger partial charge in [0.25, 0.3) is 0 Å². The van der Waals surface area contributed by atoms with Crippen LogP contribution in [0.25, 0.3) is 5.69 Å². The van der Waals surface area contributed by atoms with Crippen LogP contribution in [-0.2, 0) is 4.79 Å². The van der Waals surface area contributed by atoms with Crippen molar-refractivity contribution < 1.29 is 14.3 Å². The smallest absolute Gasteiger partial charge is 0.243 e. The Morgan fingerprint density at radius 1 is 1.18 bits per heavy atom. The fraction of sp³-hybridized carbons (Fsp3) is 0.222. The maximum absolute atomic E-state index is 12.3. The van der Waals surface area contributed by atoms with E-state index in [4.69, 9.17) is 21.1 Å². The standard InChI is InChI=1S/C18H19ClN6O3/c1-11-22-23-24-25(11)13-6-4-5-12(7-13)20-10-18(26)21-15-8-14(19)16(27-2)9-17(15)28-3/h4-9,20H,10H2,1-3H3,(H,21,26). The van der Waals surface area contributed by atoms with Gasteiger partial charge in [0.2, 0.25) is 5.91 Å². The molecule has 0 radical (unpaired) electrons. The van der Waals surface area contributed by atoms with Crippen LogP contribution in [0.4, 0.5) is 11.4 Å². The third kappa shape index (κ3) is 4.32. The third-order valence-corrected chi connectivity index (χ3v) is 4.21. The number of amides is 1. The summed E-state index contributed by atoms with van der Waals surface area (Å²) in [4.78, 5) is 12.3. The number of methoxy groups -OCH3 is 2. The molecule has 0 aliphatic carbocycles. The summed E-state index contributed by atoms with van der Waals surface area (Å²) in [5, 5.41) is 17.6. The third-order valence-electron chi connectivity index (χ3n) is 3.92. The Morgan fingerprint density at radius 2 is 1.96 bits per heavy atom.